The first-order valence-electron chi connectivity index (χ1n) is 7.69. The number of thiophene rings is 1. The largest absolute Gasteiger partial charge is 0.435 e. The number of carbonyl (C=O) groups is 1. The second kappa shape index (κ2) is 7.03. The molecule has 0 fully saturated rings. The summed E-state index contributed by atoms with van der Waals surface area (Å²) in [4.78, 5) is 13.0. The molecule has 0 atom stereocenters. The van der Waals surface area contributed by atoms with Crippen molar-refractivity contribution in [2.75, 3.05) is 11.1 Å². The molecular weight excluding hydrogens is 384 g/mol. The number of carbonyl (C=O) groups excluding carboxylic acids is 1. The van der Waals surface area contributed by atoms with Crippen LogP contribution in [-0.2, 0) is 24.4 Å². The third kappa shape index (κ3) is 4.11. The van der Waals surface area contributed by atoms with E-state index in [2.05, 4.69) is 10.4 Å². The summed E-state index contributed by atoms with van der Waals surface area (Å²) >= 11 is 1.09. The van der Waals surface area contributed by atoms with Gasteiger partial charge in [0.05, 0.1) is 28.4 Å². The van der Waals surface area contributed by atoms with Gasteiger partial charge in [-0.25, -0.2) is 4.39 Å². The van der Waals surface area contributed by atoms with Crippen LogP contribution in [0.1, 0.15) is 10.6 Å². The lowest BCUT2D eigenvalue weighted by molar-refractivity contribution is -0.141. The first-order valence-corrected chi connectivity index (χ1v) is 8.51. The normalized spacial score (nSPS) is 11.6. The number of nitrogens with one attached hydrogen (secondary N) is 1. The van der Waals surface area contributed by atoms with Gasteiger partial charge in [0.25, 0.3) is 0 Å². The molecule has 0 aliphatic rings. The summed E-state index contributed by atoms with van der Waals surface area (Å²) in [5.74, 6) is -1.03. The Balaban J connectivity index is 1.80. The Morgan fingerprint density at radius 3 is 2.63 bits per heavy atom. The number of amides is 1. The quantitative estimate of drug-likeness (QED) is 0.651. The molecule has 0 aliphatic heterocycles. The van der Waals surface area contributed by atoms with E-state index in [1.807, 2.05) is 0 Å². The zero-order valence-corrected chi connectivity index (χ0v) is 14.8. The molecule has 0 aliphatic carbocycles. The molecule has 0 radical (unpaired) electrons. The molecule has 10 heteroatoms. The van der Waals surface area contributed by atoms with Gasteiger partial charge in [0, 0.05) is 11.9 Å². The minimum atomic E-state index is -4.56. The second-order valence-electron chi connectivity index (χ2n) is 5.74. The molecule has 3 rings (SSSR count). The number of nitrogens with two attached hydrogens (primary N) is 1. The zero-order valence-electron chi connectivity index (χ0n) is 14.0. The summed E-state index contributed by atoms with van der Waals surface area (Å²) in [6.45, 7) is 0. The first kappa shape index (κ1) is 18.9. The maximum Gasteiger partial charge on any atom is 0.435 e. The standard InChI is InChI=1S/C17H14F4N4OS/c1-25-13(8-14(24-25)17(19,20)21)16-11(22)6-9(27-16)7-15(26)23-12-5-3-2-4-10(12)18/h2-6,8H,7,22H2,1H3,(H,23,26). The van der Waals surface area contributed by atoms with Gasteiger partial charge in [-0.3, -0.25) is 9.48 Å². The monoisotopic (exact) mass is 398 g/mol. The minimum absolute atomic E-state index is 0.0497. The van der Waals surface area contributed by atoms with Crippen LogP contribution in [0.5, 0.6) is 0 Å². The number of nitrogens with zero attached hydrogens (tertiary/aromatic N) is 2. The van der Waals surface area contributed by atoms with E-state index in [0.29, 0.717) is 9.75 Å². The summed E-state index contributed by atoms with van der Waals surface area (Å²) in [6.07, 6.45) is -4.66. The van der Waals surface area contributed by atoms with Crippen LogP contribution < -0.4 is 11.1 Å². The highest BCUT2D eigenvalue weighted by molar-refractivity contribution is 7.16. The third-order valence-corrected chi connectivity index (χ3v) is 4.87. The fraction of sp³-hybridized carbons (Fsp3) is 0.176. The van der Waals surface area contributed by atoms with Crippen LogP contribution in [0.4, 0.5) is 28.9 Å². The average Bonchev–Trinajstić information content (AvgIpc) is 3.12. The fourth-order valence-electron chi connectivity index (χ4n) is 2.48. The van der Waals surface area contributed by atoms with E-state index in [9.17, 15) is 22.4 Å². The minimum Gasteiger partial charge on any atom is -0.397 e. The molecule has 0 saturated heterocycles. The predicted octanol–water partition coefficient (Wildman–Crippen LogP) is 4.07. The highest BCUT2D eigenvalue weighted by Gasteiger charge is 2.35. The zero-order chi connectivity index (χ0) is 19.8. The van der Waals surface area contributed by atoms with Crippen molar-refractivity contribution < 1.29 is 22.4 Å². The second-order valence-corrected chi connectivity index (χ2v) is 6.87. The van der Waals surface area contributed by atoms with E-state index in [-0.39, 0.29) is 23.5 Å². The van der Waals surface area contributed by atoms with Gasteiger partial charge in [0.1, 0.15) is 5.82 Å². The lowest BCUT2D eigenvalue weighted by Gasteiger charge is -2.04. The van der Waals surface area contributed by atoms with E-state index in [4.69, 9.17) is 5.73 Å². The number of aryl methyl sites for hydroxylation is 1. The molecule has 2 aromatic heterocycles. The number of hydrogen-bond acceptors (Lipinski definition) is 4. The molecule has 142 valence electrons. The van der Waals surface area contributed by atoms with Crippen LogP contribution in [0.15, 0.2) is 36.4 Å². The van der Waals surface area contributed by atoms with Crippen LogP contribution in [0.3, 0.4) is 0 Å². The van der Waals surface area contributed by atoms with Crippen LogP contribution in [0.25, 0.3) is 10.6 Å². The van der Waals surface area contributed by atoms with Gasteiger partial charge in [-0.2, -0.15) is 18.3 Å². The number of alkyl halides is 3. The number of rotatable bonds is 4. The number of nitrogen functional groups attached to an aromatic ring is 1. The molecule has 1 aromatic carbocycles. The fourth-order valence-corrected chi connectivity index (χ4v) is 3.60. The molecule has 0 spiro atoms. The number of benzene rings is 1. The van der Waals surface area contributed by atoms with E-state index >= 15 is 0 Å². The SMILES string of the molecule is Cn1nc(C(F)(F)F)cc1-c1sc(CC(=O)Nc2ccccc2F)cc1N. The third-order valence-electron chi connectivity index (χ3n) is 3.70. The van der Waals surface area contributed by atoms with Crippen molar-refractivity contribution in [3.8, 4) is 10.6 Å². The van der Waals surface area contributed by atoms with Crippen molar-refractivity contribution >= 4 is 28.6 Å². The number of para-hydroxylation sites is 1. The molecule has 1 amide bonds. The van der Waals surface area contributed by atoms with Crippen molar-refractivity contribution in [3.05, 3.63) is 52.8 Å². The number of anilines is 2. The molecule has 0 saturated carbocycles. The number of hydrogen-bond donors (Lipinski definition) is 2. The molecule has 3 N–H and O–H groups in total. The van der Waals surface area contributed by atoms with Crippen molar-refractivity contribution in [2.45, 2.75) is 12.6 Å². The van der Waals surface area contributed by atoms with E-state index in [0.717, 1.165) is 22.1 Å². The number of aromatic nitrogens is 2. The van der Waals surface area contributed by atoms with Gasteiger partial charge in [-0.15, -0.1) is 11.3 Å². The maximum atomic E-state index is 13.6. The van der Waals surface area contributed by atoms with Gasteiger partial charge in [-0.1, -0.05) is 12.1 Å². The van der Waals surface area contributed by atoms with Crippen LogP contribution in [-0.4, -0.2) is 15.7 Å². The predicted molar refractivity (Wildman–Crippen MR) is 94.7 cm³/mol. The van der Waals surface area contributed by atoms with Gasteiger partial charge >= 0.3 is 6.18 Å². The van der Waals surface area contributed by atoms with E-state index in [1.54, 1.807) is 6.07 Å². The van der Waals surface area contributed by atoms with E-state index < -0.39 is 23.6 Å². The summed E-state index contributed by atoms with van der Waals surface area (Å²) in [5.41, 5.74) is 5.38. The summed E-state index contributed by atoms with van der Waals surface area (Å²) in [5, 5.41) is 5.91. The Morgan fingerprint density at radius 2 is 2.00 bits per heavy atom. The highest BCUT2D eigenvalue weighted by atomic mass is 32.1. The summed E-state index contributed by atoms with van der Waals surface area (Å²) < 4.78 is 53.2. The highest BCUT2D eigenvalue weighted by Crippen LogP contribution is 2.38. The van der Waals surface area contributed by atoms with Crippen LogP contribution in [0.2, 0.25) is 0 Å². The first-order chi connectivity index (χ1) is 12.6. The van der Waals surface area contributed by atoms with Crippen molar-refractivity contribution in [1.82, 2.24) is 9.78 Å². The van der Waals surface area contributed by atoms with Crippen molar-refractivity contribution in [2.24, 2.45) is 7.05 Å². The lowest BCUT2D eigenvalue weighted by Crippen LogP contribution is -2.14. The topological polar surface area (TPSA) is 72.9 Å². The van der Waals surface area contributed by atoms with Crippen LogP contribution >= 0.6 is 11.3 Å². The summed E-state index contributed by atoms with van der Waals surface area (Å²) in [7, 11) is 1.38. The molecule has 0 bridgehead atoms. The summed E-state index contributed by atoms with van der Waals surface area (Å²) in [6, 6.07) is 8.15. The Hall–Kier alpha value is -2.88. The Bertz CT molecular complexity index is 993. The number of halogens is 4. The Kier molecular flexibility index (Phi) is 4.92. The van der Waals surface area contributed by atoms with Crippen LogP contribution in [0, 0.1) is 5.82 Å². The smallest absolute Gasteiger partial charge is 0.397 e. The Labute approximate surface area is 155 Å². The maximum absolute atomic E-state index is 13.6. The van der Waals surface area contributed by atoms with Gasteiger partial charge in [0.15, 0.2) is 5.69 Å². The average molecular weight is 398 g/mol. The Morgan fingerprint density at radius 1 is 1.30 bits per heavy atom. The molecule has 27 heavy (non-hydrogen) atoms. The molecule has 2 heterocycles. The van der Waals surface area contributed by atoms with E-state index in [1.165, 1.54) is 31.3 Å². The lowest BCUT2D eigenvalue weighted by atomic mass is 10.2. The van der Waals surface area contributed by atoms with Gasteiger partial charge < -0.3 is 11.1 Å². The van der Waals surface area contributed by atoms with Gasteiger partial charge in [-0.05, 0) is 24.3 Å². The molecule has 5 nitrogen and oxygen atoms in total. The molecule has 3 aromatic rings. The molecular formula is C17H14F4N4OS. The molecule has 0 unspecified atom stereocenters. The van der Waals surface area contributed by atoms with Crippen molar-refractivity contribution in [3.63, 3.8) is 0 Å². The van der Waals surface area contributed by atoms with Gasteiger partial charge in [0.2, 0.25) is 5.91 Å². The van der Waals surface area contributed by atoms with Crippen molar-refractivity contribution in [1.29, 1.82) is 0 Å².